The number of ether oxygens (including phenoxy) is 1. The minimum Gasteiger partial charge on any atom is -0.380 e. The van der Waals surface area contributed by atoms with E-state index in [9.17, 15) is 14.0 Å². The molecule has 0 aliphatic rings. The third-order valence-corrected chi connectivity index (χ3v) is 3.36. The lowest BCUT2D eigenvalue weighted by atomic mass is 10.1. The van der Waals surface area contributed by atoms with E-state index >= 15 is 0 Å². The summed E-state index contributed by atoms with van der Waals surface area (Å²) in [6.45, 7) is 0.432. The molecule has 24 heavy (non-hydrogen) atoms. The Kier molecular flexibility index (Phi) is 5.97. The molecule has 126 valence electrons. The molecule has 1 heterocycles. The van der Waals surface area contributed by atoms with Crippen molar-refractivity contribution >= 4 is 11.8 Å². The third-order valence-electron chi connectivity index (χ3n) is 3.36. The summed E-state index contributed by atoms with van der Waals surface area (Å²) in [5, 5.41) is 5.22. The Labute approximate surface area is 139 Å². The summed E-state index contributed by atoms with van der Waals surface area (Å²) in [4.78, 5) is 28.0. The van der Waals surface area contributed by atoms with Gasteiger partial charge in [-0.05, 0) is 29.3 Å². The molecule has 6 nitrogen and oxygen atoms in total. The van der Waals surface area contributed by atoms with Gasteiger partial charge in [-0.1, -0.05) is 12.1 Å². The van der Waals surface area contributed by atoms with Crippen molar-refractivity contribution in [2.24, 2.45) is 0 Å². The van der Waals surface area contributed by atoms with Gasteiger partial charge in [0.1, 0.15) is 11.5 Å². The molecule has 0 unspecified atom stereocenters. The van der Waals surface area contributed by atoms with Crippen molar-refractivity contribution in [2.75, 3.05) is 14.2 Å². The topological polar surface area (TPSA) is 80.3 Å². The second-order valence-corrected chi connectivity index (χ2v) is 5.05. The van der Waals surface area contributed by atoms with Crippen LogP contribution in [0.4, 0.5) is 4.39 Å². The predicted molar refractivity (Wildman–Crippen MR) is 85.9 cm³/mol. The number of methoxy groups -OCH3 is 1. The van der Waals surface area contributed by atoms with Crippen molar-refractivity contribution in [1.29, 1.82) is 0 Å². The van der Waals surface area contributed by atoms with E-state index in [4.69, 9.17) is 4.74 Å². The summed E-state index contributed by atoms with van der Waals surface area (Å²) < 4.78 is 17.9. The van der Waals surface area contributed by atoms with E-state index in [1.807, 2.05) is 0 Å². The third kappa shape index (κ3) is 4.36. The van der Waals surface area contributed by atoms with Crippen LogP contribution in [0.25, 0.3) is 0 Å². The molecule has 0 atom stereocenters. The first-order valence-corrected chi connectivity index (χ1v) is 7.27. The maximum Gasteiger partial charge on any atom is 0.270 e. The van der Waals surface area contributed by atoms with Crippen LogP contribution in [-0.4, -0.2) is 31.0 Å². The molecule has 0 fully saturated rings. The van der Waals surface area contributed by atoms with Gasteiger partial charge >= 0.3 is 0 Å². The first-order valence-electron chi connectivity index (χ1n) is 7.27. The van der Waals surface area contributed by atoms with Gasteiger partial charge in [-0.25, -0.2) is 4.39 Å². The largest absolute Gasteiger partial charge is 0.380 e. The fraction of sp³-hybridized carbons (Fsp3) is 0.235. The van der Waals surface area contributed by atoms with Crippen molar-refractivity contribution in [3.8, 4) is 0 Å². The van der Waals surface area contributed by atoms with Crippen LogP contribution < -0.4 is 10.6 Å². The van der Waals surface area contributed by atoms with Crippen LogP contribution in [-0.2, 0) is 17.9 Å². The lowest BCUT2D eigenvalue weighted by Crippen LogP contribution is -2.25. The maximum atomic E-state index is 12.9. The quantitative estimate of drug-likeness (QED) is 0.843. The Morgan fingerprint density at radius 3 is 2.54 bits per heavy atom. The van der Waals surface area contributed by atoms with E-state index in [0.717, 1.165) is 5.56 Å². The highest BCUT2D eigenvalue weighted by Crippen LogP contribution is 2.12. The molecule has 2 aromatic rings. The number of halogens is 1. The predicted octanol–water partition coefficient (Wildman–Crippen LogP) is 1.66. The van der Waals surface area contributed by atoms with Crippen LogP contribution in [0.3, 0.4) is 0 Å². The maximum absolute atomic E-state index is 12.9. The van der Waals surface area contributed by atoms with Crippen molar-refractivity contribution in [1.82, 2.24) is 15.6 Å². The standard InChI is InChI=1S/C17H18FN3O3/c1-19-16(22)14-9-20-15(7-12(14)10-24-2)17(23)21-8-11-3-5-13(18)6-4-11/h3-7,9H,8,10H2,1-2H3,(H,19,22)(H,21,23). The molecule has 1 aromatic heterocycles. The smallest absolute Gasteiger partial charge is 0.270 e. The van der Waals surface area contributed by atoms with Gasteiger partial charge in [0, 0.05) is 26.9 Å². The second kappa shape index (κ2) is 8.16. The molecule has 0 aliphatic carbocycles. The Morgan fingerprint density at radius 1 is 1.21 bits per heavy atom. The number of nitrogens with zero attached hydrogens (tertiary/aromatic N) is 1. The van der Waals surface area contributed by atoms with Crippen LogP contribution in [0.15, 0.2) is 36.5 Å². The van der Waals surface area contributed by atoms with Crippen molar-refractivity contribution < 1.29 is 18.7 Å². The Hall–Kier alpha value is -2.80. The van der Waals surface area contributed by atoms with Gasteiger partial charge < -0.3 is 15.4 Å². The van der Waals surface area contributed by atoms with Crippen LogP contribution in [0.5, 0.6) is 0 Å². The number of benzene rings is 1. The molecule has 7 heteroatoms. The molecule has 2 amide bonds. The molecule has 0 saturated carbocycles. The highest BCUT2D eigenvalue weighted by molar-refractivity contribution is 5.97. The minimum absolute atomic E-state index is 0.178. The lowest BCUT2D eigenvalue weighted by molar-refractivity contribution is 0.0936. The van der Waals surface area contributed by atoms with Crippen LogP contribution >= 0.6 is 0 Å². The minimum atomic E-state index is -0.389. The summed E-state index contributed by atoms with van der Waals surface area (Å²) >= 11 is 0. The first-order chi connectivity index (χ1) is 11.5. The van der Waals surface area contributed by atoms with Crippen molar-refractivity contribution in [3.05, 3.63) is 64.7 Å². The number of hydrogen-bond donors (Lipinski definition) is 2. The van der Waals surface area contributed by atoms with Crippen molar-refractivity contribution in [3.63, 3.8) is 0 Å². The number of carbonyl (C=O) groups excluding carboxylic acids is 2. The number of pyridine rings is 1. The van der Waals surface area contributed by atoms with E-state index in [-0.39, 0.29) is 36.5 Å². The summed E-state index contributed by atoms with van der Waals surface area (Å²) in [7, 11) is 3.02. The molecular weight excluding hydrogens is 313 g/mol. The van der Waals surface area contributed by atoms with Gasteiger partial charge in [0.15, 0.2) is 0 Å². The zero-order chi connectivity index (χ0) is 17.5. The molecule has 2 N–H and O–H groups in total. The van der Waals surface area contributed by atoms with Crippen molar-refractivity contribution in [2.45, 2.75) is 13.2 Å². The summed E-state index contributed by atoms with van der Waals surface area (Å²) in [5.41, 5.74) is 1.87. The number of carbonyl (C=O) groups is 2. The molecule has 0 radical (unpaired) electrons. The van der Waals surface area contributed by atoms with E-state index in [0.29, 0.717) is 11.1 Å². The molecule has 0 saturated heterocycles. The first kappa shape index (κ1) is 17.6. The average Bonchev–Trinajstić information content (AvgIpc) is 2.60. The molecule has 0 bridgehead atoms. The van der Waals surface area contributed by atoms with Crippen LogP contribution in [0.2, 0.25) is 0 Å². The normalized spacial score (nSPS) is 10.3. The number of amides is 2. The number of nitrogens with one attached hydrogen (secondary N) is 2. The van der Waals surface area contributed by atoms with Gasteiger partial charge in [-0.2, -0.15) is 0 Å². The Bertz CT molecular complexity index is 732. The highest BCUT2D eigenvalue weighted by Gasteiger charge is 2.15. The van der Waals surface area contributed by atoms with E-state index < -0.39 is 0 Å². The summed E-state index contributed by atoms with van der Waals surface area (Å²) in [6, 6.07) is 7.36. The van der Waals surface area contributed by atoms with E-state index in [2.05, 4.69) is 15.6 Å². The lowest BCUT2D eigenvalue weighted by Gasteiger charge is -2.10. The highest BCUT2D eigenvalue weighted by atomic mass is 19.1. The zero-order valence-electron chi connectivity index (χ0n) is 13.4. The van der Waals surface area contributed by atoms with E-state index in [1.54, 1.807) is 12.1 Å². The number of aromatic nitrogens is 1. The number of hydrogen-bond acceptors (Lipinski definition) is 4. The number of rotatable bonds is 6. The van der Waals surface area contributed by atoms with Gasteiger partial charge in [0.25, 0.3) is 11.8 Å². The van der Waals surface area contributed by atoms with Gasteiger partial charge in [0.2, 0.25) is 0 Å². The zero-order valence-corrected chi connectivity index (χ0v) is 13.4. The summed E-state index contributed by atoms with van der Waals surface area (Å²) in [5.74, 6) is -1.02. The Balaban J connectivity index is 2.12. The molecular formula is C17H18FN3O3. The SMILES string of the molecule is CNC(=O)c1cnc(C(=O)NCc2ccc(F)cc2)cc1COC. The van der Waals surface area contributed by atoms with Crippen LogP contribution in [0.1, 0.15) is 32.0 Å². The molecule has 1 aromatic carbocycles. The molecule has 2 rings (SSSR count). The fourth-order valence-electron chi connectivity index (χ4n) is 2.11. The van der Waals surface area contributed by atoms with Gasteiger partial charge in [0.05, 0.1) is 12.2 Å². The summed E-state index contributed by atoms with van der Waals surface area (Å²) in [6.07, 6.45) is 1.35. The molecule has 0 aliphatic heterocycles. The average molecular weight is 331 g/mol. The molecule has 0 spiro atoms. The Morgan fingerprint density at radius 2 is 1.92 bits per heavy atom. The monoisotopic (exact) mass is 331 g/mol. The van der Waals surface area contributed by atoms with Gasteiger partial charge in [-0.3, -0.25) is 14.6 Å². The second-order valence-electron chi connectivity index (χ2n) is 5.05. The fourth-order valence-corrected chi connectivity index (χ4v) is 2.11. The van der Waals surface area contributed by atoms with E-state index in [1.165, 1.54) is 38.6 Å². The van der Waals surface area contributed by atoms with Gasteiger partial charge in [-0.15, -0.1) is 0 Å². The van der Waals surface area contributed by atoms with Crippen LogP contribution in [0, 0.1) is 5.82 Å².